The Morgan fingerprint density at radius 1 is 1.17 bits per heavy atom. The van der Waals surface area contributed by atoms with Crippen molar-refractivity contribution in [2.45, 2.75) is 44.5 Å². The van der Waals surface area contributed by atoms with E-state index in [9.17, 15) is 0 Å². The Morgan fingerprint density at radius 2 is 1.67 bits per heavy atom. The third-order valence-corrected chi connectivity index (χ3v) is 3.70. The van der Waals surface area contributed by atoms with Crippen LogP contribution < -0.4 is 0 Å². The zero-order chi connectivity index (χ0) is 9.14. The normalized spacial score (nSPS) is 24.8. The molecule has 0 radical (unpaired) electrons. The highest BCUT2D eigenvalue weighted by molar-refractivity contribution is 9.09. The first-order valence-electron chi connectivity index (χ1n) is 4.99. The van der Waals surface area contributed by atoms with Gasteiger partial charge in [0.1, 0.15) is 0 Å². The molecule has 0 bridgehead atoms. The van der Waals surface area contributed by atoms with Crippen molar-refractivity contribution in [2.24, 2.45) is 5.92 Å². The van der Waals surface area contributed by atoms with Crippen molar-refractivity contribution in [3.05, 3.63) is 0 Å². The van der Waals surface area contributed by atoms with Gasteiger partial charge in [0.15, 0.2) is 0 Å². The van der Waals surface area contributed by atoms with Gasteiger partial charge in [0, 0.05) is 10.9 Å². The van der Waals surface area contributed by atoms with E-state index in [2.05, 4.69) is 41.6 Å². The van der Waals surface area contributed by atoms with E-state index in [-0.39, 0.29) is 0 Å². The first-order valence-corrected chi connectivity index (χ1v) is 5.91. The van der Waals surface area contributed by atoms with Crippen LogP contribution in [0.1, 0.15) is 33.6 Å². The number of hydrogen-bond donors (Lipinski definition) is 0. The highest BCUT2D eigenvalue weighted by Gasteiger charge is 2.23. The Kier molecular flexibility index (Phi) is 4.04. The Labute approximate surface area is 84.6 Å². The van der Waals surface area contributed by atoms with Gasteiger partial charge >= 0.3 is 0 Å². The molecule has 0 aromatic rings. The molecule has 12 heavy (non-hydrogen) atoms. The van der Waals surface area contributed by atoms with E-state index in [4.69, 9.17) is 0 Å². The van der Waals surface area contributed by atoms with E-state index in [0.29, 0.717) is 4.83 Å². The lowest BCUT2D eigenvalue weighted by atomic mass is 9.94. The summed E-state index contributed by atoms with van der Waals surface area (Å²) in [7, 11) is 0. The van der Waals surface area contributed by atoms with Crippen LogP contribution >= 0.6 is 15.9 Å². The first-order chi connectivity index (χ1) is 5.61. The molecule has 72 valence electrons. The lowest BCUT2D eigenvalue weighted by molar-refractivity contribution is 0.150. The number of halogens is 1. The van der Waals surface area contributed by atoms with Gasteiger partial charge in [-0.25, -0.2) is 0 Å². The zero-order valence-corrected chi connectivity index (χ0v) is 9.97. The second kappa shape index (κ2) is 4.61. The maximum Gasteiger partial charge on any atom is 0.0146 e. The van der Waals surface area contributed by atoms with Crippen molar-refractivity contribution in [3.63, 3.8) is 0 Å². The average Bonchev–Trinajstić information content (AvgIpc) is 2.04. The van der Waals surface area contributed by atoms with Gasteiger partial charge in [0.2, 0.25) is 0 Å². The van der Waals surface area contributed by atoms with Crippen molar-refractivity contribution >= 4 is 15.9 Å². The number of nitrogens with zero attached hydrogens (tertiary/aromatic N) is 1. The topological polar surface area (TPSA) is 3.24 Å². The van der Waals surface area contributed by atoms with Crippen molar-refractivity contribution in [1.82, 2.24) is 4.90 Å². The molecule has 0 aliphatic carbocycles. The zero-order valence-electron chi connectivity index (χ0n) is 8.39. The van der Waals surface area contributed by atoms with E-state index in [1.165, 1.54) is 25.9 Å². The lowest BCUT2D eigenvalue weighted by Crippen LogP contribution is -2.39. The highest BCUT2D eigenvalue weighted by atomic mass is 79.9. The molecule has 1 rings (SSSR count). The average molecular weight is 234 g/mol. The molecule has 0 spiro atoms. The third-order valence-electron chi connectivity index (χ3n) is 2.95. The second-order valence-corrected chi connectivity index (χ2v) is 5.59. The molecule has 1 fully saturated rings. The van der Waals surface area contributed by atoms with Gasteiger partial charge < -0.3 is 4.90 Å². The summed E-state index contributed by atoms with van der Waals surface area (Å²) in [5.74, 6) is 0.903. The quantitative estimate of drug-likeness (QED) is 0.664. The van der Waals surface area contributed by atoms with Gasteiger partial charge in [-0.2, -0.15) is 0 Å². The van der Waals surface area contributed by atoms with E-state index < -0.39 is 0 Å². The van der Waals surface area contributed by atoms with Crippen LogP contribution in [0, 0.1) is 5.92 Å². The Hall–Kier alpha value is 0.440. The molecule has 0 aromatic carbocycles. The van der Waals surface area contributed by atoms with Crippen molar-refractivity contribution < 1.29 is 0 Å². The predicted octanol–water partition coefficient (Wildman–Crippen LogP) is 2.89. The molecule has 1 unspecified atom stereocenters. The fourth-order valence-electron chi connectivity index (χ4n) is 1.90. The molecular weight excluding hydrogens is 214 g/mol. The summed E-state index contributed by atoms with van der Waals surface area (Å²) < 4.78 is 0. The molecule has 2 heteroatoms. The van der Waals surface area contributed by atoms with E-state index >= 15 is 0 Å². The SMILES string of the molecule is CC(Br)C1CCN(C(C)C)CC1. The van der Waals surface area contributed by atoms with Crippen LogP contribution in [0.2, 0.25) is 0 Å². The molecular formula is C10H20BrN. The number of hydrogen-bond acceptors (Lipinski definition) is 1. The largest absolute Gasteiger partial charge is 0.301 e. The number of rotatable bonds is 2. The van der Waals surface area contributed by atoms with Gasteiger partial charge in [-0.05, 0) is 45.7 Å². The molecule has 1 nitrogen and oxygen atoms in total. The van der Waals surface area contributed by atoms with Gasteiger partial charge in [0.05, 0.1) is 0 Å². The minimum absolute atomic E-state index is 0.701. The van der Waals surface area contributed by atoms with Gasteiger partial charge in [-0.15, -0.1) is 0 Å². The lowest BCUT2D eigenvalue weighted by Gasteiger charge is -2.35. The maximum absolute atomic E-state index is 3.67. The highest BCUT2D eigenvalue weighted by Crippen LogP contribution is 2.25. The molecule has 1 heterocycles. The second-order valence-electron chi connectivity index (χ2n) is 4.14. The summed E-state index contributed by atoms with van der Waals surface area (Å²) in [5.41, 5.74) is 0. The van der Waals surface area contributed by atoms with Gasteiger partial charge in [0.25, 0.3) is 0 Å². The summed E-state index contributed by atoms with van der Waals surface area (Å²) in [5, 5.41) is 0. The van der Waals surface area contributed by atoms with E-state index in [1.54, 1.807) is 0 Å². The molecule has 1 atom stereocenters. The van der Waals surface area contributed by atoms with Gasteiger partial charge in [-0.3, -0.25) is 0 Å². The van der Waals surface area contributed by atoms with Crippen LogP contribution in [0.3, 0.4) is 0 Å². The fraction of sp³-hybridized carbons (Fsp3) is 1.00. The minimum atomic E-state index is 0.701. The number of piperidine rings is 1. The van der Waals surface area contributed by atoms with E-state index in [1.807, 2.05) is 0 Å². The summed E-state index contributed by atoms with van der Waals surface area (Å²) >= 11 is 3.67. The predicted molar refractivity (Wildman–Crippen MR) is 57.8 cm³/mol. The summed E-state index contributed by atoms with van der Waals surface area (Å²) in [4.78, 5) is 3.28. The molecule has 1 aliphatic rings. The third kappa shape index (κ3) is 2.74. The molecule has 0 aromatic heterocycles. The maximum atomic E-state index is 3.67. The van der Waals surface area contributed by atoms with E-state index in [0.717, 1.165) is 12.0 Å². The standard InChI is InChI=1S/C10H20BrN/c1-8(2)12-6-4-10(5-7-12)9(3)11/h8-10H,4-7H2,1-3H3. The monoisotopic (exact) mass is 233 g/mol. The molecule has 1 saturated heterocycles. The first kappa shape index (κ1) is 10.5. The Balaban J connectivity index is 2.30. The smallest absolute Gasteiger partial charge is 0.0146 e. The van der Waals surface area contributed by atoms with Crippen molar-refractivity contribution in [3.8, 4) is 0 Å². The van der Waals surface area contributed by atoms with Crippen LogP contribution in [0.4, 0.5) is 0 Å². The van der Waals surface area contributed by atoms with Crippen LogP contribution in [0.25, 0.3) is 0 Å². The molecule has 0 saturated carbocycles. The number of alkyl halides is 1. The Morgan fingerprint density at radius 3 is 2.00 bits per heavy atom. The van der Waals surface area contributed by atoms with Crippen LogP contribution in [-0.4, -0.2) is 28.9 Å². The van der Waals surface area contributed by atoms with Crippen molar-refractivity contribution in [1.29, 1.82) is 0 Å². The van der Waals surface area contributed by atoms with Crippen LogP contribution in [0.5, 0.6) is 0 Å². The van der Waals surface area contributed by atoms with Crippen LogP contribution in [-0.2, 0) is 0 Å². The van der Waals surface area contributed by atoms with Gasteiger partial charge in [-0.1, -0.05) is 22.9 Å². The Bertz CT molecular complexity index is 110. The molecule has 0 amide bonds. The number of likely N-dealkylation sites (tertiary alicyclic amines) is 1. The molecule has 1 aliphatic heterocycles. The summed E-state index contributed by atoms with van der Waals surface area (Å²) in [6.45, 7) is 9.43. The van der Waals surface area contributed by atoms with Crippen LogP contribution in [0.15, 0.2) is 0 Å². The fourth-order valence-corrected chi connectivity index (χ4v) is 2.42. The minimum Gasteiger partial charge on any atom is -0.301 e. The molecule has 0 N–H and O–H groups in total. The summed E-state index contributed by atoms with van der Waals surface area (Å²) in [6.07, 6.45) is 2.73. The summed E-state index contributed by atoms with van der Waals surface area (Å²) in [6, 6.07) is 0.733. The van der Waals surface area contributed by atoms with Crippen molar-refractivity contribution in [2.75, 3.05) is 13.1 Å².